The lowest BCUT2D eigenvalue weighted by atomic mass is 9.95. The van der Waals surface area contributed by atoms with E-state index in [1.54, 1.807) is 12.3 Å². The van der Waals surface area contributed by atoms with E-state index in [4.69, 9.17) is 9.26 Å². The highest BCUT2D eigenvalue weighted by Crippen LogP contribution is 2.38. The Morgan fingerprint density at radius 3 is 2.97 bits per heavy atom. The molecule has 3 heterocycles. The molecule has 9 heteroatoms. The molecule has 1 atom stereocenters. The van der Waals surface area contributed by atoms with Crippen molar-refractivity contribution in [3.05, 3.63) is 58.5 Å². The van der Waals surface area contributed by atoms with Crippen LogP contribution in [-0.4, -0.2) is 30.9 Å². The topological polar surface area (TPSA) is 95.9 Å². The number of Topliss-reactive ketones (excluding diaryl/α,β-unsaturated/α-hetero) is 1. The van der Waals surface area contributed by atoms with Crippen molar-refractivity contribution in [3.8, 4) is 11.6 Å². The molecule has 1 saturated carbocycles. The minimum absolute atomic E-state index is 0.0917. The Kier molecular flexibility index (Phi) is 5.27. The highest BCUT2D eigenvalue weighted by Gasteiger charge is 2.24. The maximum absolute atomic E-state index is 12.4. The number of nitrogens with zero attached hydrogens (tertiary/aromatic N) is 5. The Hall–Kier alpha value is -3.07. The van der Waals surface area contributed by atoms with Crippen LogP contribution >= 0.6 is 15.9 Å². The number of carbonyl (C=O) groups is 1. The summed E-state index contributed by atoms with van der Waals surface area (Å²) in [5, 5.41) is 12.4. The molecule has 1 fully saturated rings. The van der Waals surface area contributed by atoms with Crippen LogP contribution in [0.15, 0.2) is 51.8 Å². The normalized spacial score (nSPS) is 14.6. The first-order valence-electron chi connectivity index (χ1n) is 10.2. The van der Waals surface area contributed by atoms with Crippen LogP contribution in [0.5, 0.6) is 11.6 Å². The average molecular weight is 482 g/mol. The minimum Gasteiger partial charge on any atom is -0.437 e. The minimum atomic E-state index is -0.116. The maximum Gasteiger partial charge on any atom is 0.222 e. The lowest BCUT2D eigenvalue weighted by Gasteiger charge is -2.15. The molecule has 5 rings (SSSR count). The van der Waals surface area contributed by atoms with Gasteiger partial charge in [0.15, 0.2) is 5.78 Å². The van der Waals surface area contributed by atoms with Gasteiger partial charge in [-0.05, 0) is 58.8 Å². The van der Waals surface area contributed by atoms with Crippen LogP contribution in [0.4, 0.5) is 0 Å². The Bertz CT molecular complexity index is 1230. The van der Waals surface area contributed by atoms with Crippen molar-refractivity contribution < 1.29 is 14.1 Å². The molecule has 0 N–H and O–H groups in total. The third-order valence-electron chi connectivity index (χ3n) is 5.47. The van der Waals surface area contributed by atoms with E-state index in [0.717, 1.165) is 27.6 Å². The fourth-order valence-corrected chi connectivity index (χ4v) is 4.06. The largest absolute Gasteiger partial charge is 0.437 e. The van der Waals surface area contributed by atoms with E-state index in [1.807, 2.05) is 35.9 Å². The van der Waals surface area contributed by atoms with Crippen LogP contribution in [0.1, 0.15) is 48.2 Å². The lowest BCUT2D eigenvalue weighted by Crippen LogP contribution is -2.07. The predicted octanol–water partition coefficient (Wildman–Crippen LogP) is 5.16. The van der Waals surface area contributed by atoms with E-state index in [2.05, 4.69) is 36.4 Å². The van der Waals surface area contributed by atoms with Gasteiger partial charge < -0.3 is 9.26 Å². The van der Waals surface area contributed by atoms with Crippen LogP contribution in [0.2, 0.25) is 0 Å². The Balaban J connectivity index is 1.39. The molecule has 0 spiro atoms. The standard InChI is InChI=1S/C22H20BrN5O3/c1-13(11-18(29)16-8-10-30-26-16)15-3-2-9-24-22(15)31-19-7-6-17-21(20(19)23)25-27-28(17)12-14-4-5-14/h2-3,6-10,13-14H,4-5,11-12H2,1H3. The quantitative estimate of drug-likeness (QED) is 0.320. The van der Waals surface area contributed by atoms with Gasteiger partial charge in [0, 0.05) is 30.8 Å². The molecule has 1 aliphatic rings. The maximum atomic E-state index is 12.4. The summed E-state index contributed by atoms with van der Waals surface area (Å²) in [6.45, 7) is 2.86. The Morgan fingerprint density at radius 2 is 2.19 bits per heavy atom. The molecule has 1 aromatic carbocycles. The zero-order chi connectivity index (χ0) is 21.4. The van der Waals surface area contributed by atoms with Crippen molar-refractivity contribution in [2.24, 2.45) is 5.92 Å². The van der Waals surface area contributed by atoms with Crippen molar-refractivity contribution in [1.29, 1.82) is 0 Å². The van der Waals surface area contributed by atoms with Crippen LogP contribution in [0, 0.1) is 5.92 Å². The summed E-state index contributed by atoms with van der Waals surface area (Å²) in [4.78, 5) is 16.8. The van der Waals surface area contributed by atoms with Crippen LogP contribution in [-0.2, 0) is 6.54 Å². The third kappa shape index (κ3) is 4.10. The Morgan fingerprint density at radius 1 is 1.32 bits per heavy atom. The lowest BCUT2D eigenvalue weighted by molar-refractivity contribution is 0.0966. The van der Waals surface area contributed by atoms with Gasteiger partial charge in [-0.15, -0.1) is 5.10 Å². The second-order valence-corrected chi connectivity index (χ2v) is 8.67. The summed E-state index contributed by atoms with van der Waals surface area (Å²) < 4.78 is 13.6. The highest BCUT2D eigenvalue weighted by atomic mass is 79.9. The molecule has 1 unspecified atom stereocenters. The van der Waals surface area contributed by atoms with Crippen molar-refractivity contribution in [3.63, 3.8) is 0 Å². The molecule has 0 amide bonds. The number of halogens is 1. The summed E-state index contributed by atoms with van der Waals surface area (Å²) in [6, 6.07) is 9.18. The zero-order valence-corrected chi connectivity index (χ0v) is 18.4. The van der Waals surface area contributed by atoms with Crippen molar-refractivity contribution in [1.82, 2.24) is 25.1 Å². The van der Waals surface area contributed by atoms with Gasteiger partial charge in [-0.1, -0.05) is 23.4 Å². The molecule has 0 aliphatic heterocycles. The SMILES string of the molecule is CC(CC(=O)c1ccon1)c1cccnc1Oc1ccc2c(nnn2CC2CC2)c1Br. The van der Waals surface area contributed by atoms with E-state index >= 15 is 0 Å². The second-order valence-electron chi connectivity index (χ2n) is 7.87. The highest BCUT2D eigenvalue weighted by molar-refractivity contribution is 9.10. The fraction of sp³-hybridized carbons (Fsp3) is 0.318. The van der Waals surface area contributed by atoms with E-state index in [0.29, 0.717) is 23.2 Å². The molecule has 0 bridgehead atoms. The number of ether oxygens (including phenoxy) is 1. The van der Waals surface area contributed by atoms with Gasteiger partial charge in [-0.3, -0.25) is 4.79 Å². The average Bonchev–Trinajstić information content (AvgIpc) is 3.24. The number of pyridine rings is 1. The molecule has 0 radical (unpaired) electrons. The van der Waals surface area contributed by atoms with Gasteiger partial charge >= 0.3 is 0 Å². The molecule has 4 aromatic rings. The van der Waals surface area contributed by atoms with Crippen LogP contribution in [0.25, 0.3) is 11.0 Å². The summed E-state index contributed by atoms with van der Waals surface area (Å²) in [7, 11) is 0. The predicted molar refractivity (Wildman–Crippen MR) is 116 cm³/mol. The smallest absolute Gasteiger partial charge is 0.222 e. The van der Waals surface area contributed by atoms with Gasteiger partial charge in [-0.25, -0.2) is 9.67 Å². The molecule has 8 nitrogen and oxygen atoms in total. The van der Waals surface area contributed by atoms with Crippen molar-refractivity contribution in [2.45, 2.75) is 38.6 Å². The van der Waals surface area contributed by atoms with Gasteiger partial charge in [0.2, 0.25) is 5.88 Å². The number of ketones is 1. The number of carbonyl (C=O) groups excluding carboxylic acids is 1. The summed E-state index contributed by atoms with van der Waals surface area (Å²) in [5.41, 5.74) is 2.88. The first-order valence-corrected chi connectivity index (χ1v) is 11.0. The molecular weight excluding hydrogens is 462 g/mol. The van der Waals surface area contributed by atoms with E-state index in [-0.39, 0.29) is 18.1 Å². The third-order valence-corrected chi connectivity index (χ3v) is 6.24. The first-order chi connectivity index (χ1) is 15.1. The van der Waals surface area contributed by atoms with E-state index in [9.17, 15) is 4.79 Å². The van der Waals surface area contributed by atoms with Gasteiger partial charge in [-0.2, -0.15) is 0 Å². The number of rotatable bonds is 8. The molecule has 3 aromatic heterocycles. The van der Waals surface area contributed by atoms with Crippen molar-refractivity contribution >= 4 is 32.7 Å². The first kappa shape index (κ1) is 19.9. The van der Waals surface area contributed by atoms with Crippen LogP contribution < -0.4 is 4.74 Å². The van der Waals surface area contributed by atoms with Gasteiger partial charge in [0.25, 0.3) is 0 Å². The van der Waals surface area contributed by atoms with Crippen LogP contribution in [0.3, 0.4) is 0 Å². The fourth-order valence-electron chi connectivity index (χ4n) is 3.56. The number of hydrogen-bond acceptors (Lipinski definition) is 7. The van der Waals surface area contributed by atoms with E-state index < -0.39 is 0 Å². The van der Waals surface area contributed by atoms with Gasteiger partial charge in [0.1, 0.15) is 23.2 Å². The summed E-state index contributed by atoms with van der Waals surface area (Å²) in [6.07, 6.45) is 5.84. The Labute approximate surface area is 186 Å². The number of hydrogen-bond donors (Lipinski definition) is 0. The molecular formula is C22H20BrN5O3. The molecule has 1 aliphatic carbocycles. The van der Waals surface area contributed by atoms with Crippen molar-refractivity contribution in [2.75, 3.05) is 0 Å². The molecule has 31 heavy (non-hydrogen) atoms. The monoisotopic (exact) mass is 481 g/mol. The number of fused-ring (bicyclic) bond motifs is 1. The summed E-state index contributed by atoms with van der Waals surface area (Å²) in [5.74, 6) is 1.55. The second kappa shape index (κ2) is 8.22. The summed E-state index contributed by atoms with van der Waals surface area (Å²) >= 11 is 3.62. The zero-order valence-electron chi connectivity index (χ0n) is 16.9. The molecule has 0 saturated heterocycles. The van der Waals surface area contributed by atoms with E-state index in [1.165, 1.54) is 19.1 Å². The van der Waals surface area contributed by atoms with Gasteiger partial charge in [0.05, 0.1) is 9.99 Å². The number of aromatic nitrogens is 5. The molecule has 158 valence electrons. The number of benzene rings is 1.